The molecule has 1 aromatic heterocycles. The number of rotatable bonds is 4. The number of nitrogens with zero attached hydrogens (tertiary/aromatic N) is 2. The lowest BCUT2D eigenvalue weighted by Crippen LogP contribution is -2.36. The fourth-order valence-corrected chi connectivity index (χ4v) is 2.34. The van der Waals surface area contributed by atoms with Gasteiger partial charge in [0.2, 0.25) is 0 Å². The molecule has 0 aliphatic carbocycles. The van der Waals surface area contributed by atoms with Gasteiger partial charge in [0.05, 0.1) is 24.2 Å². The molecule has 1 fully saturated rings. The number of hydrogen-bond acceptors (Lipinski definition) is 3. The van der Waals surface area contributed by atoms with Gasteiger partial charge in [-0.2, -0.15) is 0 Å². The number of aromatic nitrogens is 2. The van der Waals surface area contributed by atoms with Crippen LogP contribution in [0.4, 0.5) is 0 Å². The molecule has 1 atom stereocenters. The first-order valence-corrected chi connectivity index (χ1v) is 6.41. The van der Waals surface area contributed by atoms with Crippen LogP contribution in [0.1, 0.15) is 32.4 Å². The Morgan fingerprint density at radius 2 is 2.41 bits per heavy atom. The molecule has 0 spiro atoms. The second-order valence-electron chi connectivity index (χ2n) is 5.39. The molecule has 4 nitrogen and oxygen atoms in total. The lowest BCUT2D eigenvalue weighted by molar-refractivity contribution is 0.0477. The average Bonchev–Trinajstić information content (AvgIpc) is 2.79. The zero-order valence-electron chi connectivity index (χ0n) is 11.1. The molecule has 0 bridgehead atoms. The number of hydrogen-bond donors (Lipinski definition) is 1. The van der Waals surface area contributed by atoms with Gasteiger partial charge in [-0.25, -0.2) is 4.98 Å². The van der Waals surface area contributed by atoms with E-state index < -0.39 is 0 Å². The highest BCUT2D eigenvalue weighted by atomic mass is 16.5. The maximum absolute atomic E-state index is 5.53. The summed E-state index contributed by atoms with van der Waals surface area (Å²) < 4.78 is 7.79. The predicted molar refractivity (Wildman–Crippen MR) is 67.9 cm³/mol. The van der Waals surface area contributed by atoms with Crippen LogP contribution < -0.4 is 5.32 Å². The van der Waals surface area contributed by atoms with Crippen LogP contribution in [0.2, 0.25) is 0 Å². The van der Waals surface area contributed by atoms with Gasteiger partial charge in [-0.3, -0.25) is 0 Å². The van der Waals surface area contributed by atoms with Crippen molar-refractivity contribution in [1.29, 1.82) is 0 Å². The van der Waals surface area contributed by atoms with Gasteiger partial charge in [0.25, 0.3) is 0 Å². The van der Waals surface area contributed by atoms with Crippen molar-refractivity contribution in [1.82, 2.24) is 14.9 Å². The van der Waals surface area contributed by atoms with Crippen LogP contribution in [0.15, 0.2) is 12.5 Å². The van der Waals surface area contributed by atoms with Crippen LogP contribution >= 0.6 is 0 Å². The largest absolute Gasteiger partial charge is 0.381 e. The van der Waals surface area contributed by atoms with Gasteiger partial charge in [0.15, 0.2) is 0 Å². The molecule has 1 unspecified atom stereocenters. The molecule has 2 rings (SSSR count). The van der Waals surface area contributed by atoms with E-state index in [9.17, 15) is 0 Å². The highest BCUT2D eigenvalue weighted by molar-refractivity contribution is 5.10. The van der Waals surface area contributed by atoms with E-state index >= 15 is 0 Å². The Morgan fingerprint density at radius 3 is 3.06 bits per heavy atom. The number of ether oxygens (including phenoxy) is 1. The first kappa shape index (κ1) is 12.6. The minimum Gasteiger partial charge on any atom is -0.381 e. The molecular formula is C13H23N3O. The Morgan fingerprint density at radius 1 is 1.59 bits per heavy atom. The molecule has 1 aromatic rings. The standard InChI is InChI=1S/C13H23N3O/c1-13(2,14-3)12-7-15-10-16(12)8-11-5-4-6-17-9-11/h7,10-11,14H,4-6,8-9H2,1-3H3. The number of imidazole rings is 1. The second-order valence-corrected chi connectivity index (χ2v) is 5.39. The Hall–Kier alpha value is -0.870. The minimum absolute atomic E-state index is 0.0357. The van der Waals surface area contributed by atoms with Crippen molar-refractivity contribution in [2.24, 2.45) is 5.92 Å². The van der Waals surface area contributed by atoms with Gasteiger partial charge in [0.1, 0.15) is 0 Å². The van der Waals surface area contributed by atoms with Gasteiger partial charge in [-0.15, -0.1) is 0 Å². The van der Waals surface area contributed by atoms with Gasteiger partial charge in [-0.05, 0) is 33.7 Å². The van der Waals surface area contributed by atoms with Crippen LogP contribution in [-0.2, 0) is 16.8 Å². The second kappa shape index (κ2) is 5.19. The van der Waals surface area contributed by atoms with Crippen LogP contribution in [0.3, 0.4) is 0 Å². The molecule has 1 aliphatic rings. The smallest absolute Gasteiger partial charge is 0.0948 e. The maximum Gasteiger partial charge on any atom is 0.0948 e. The molecule has 1 saturated heterocycles. The molecule has 0 amide bonds. The van der Waals surface area contributed by atoms with Gasteiger partial charge in [-0.1, -0.05) is 0 Å². The Kier molecular flexibility index (Phi) is 3.84. The lowest BCUT2D eigenvalue weighted by Gasteiger charge is -2.28. The summed E-state index contributed by atoms with van der Waals surface area (Å²) >= 11 is 0. The lowest BCUT2D eigenvalue weighted by atomic mass is 9.99. The van der Waals surface area contributed by atoms with Crippen molar-refractivity contribution >= 4 is 0 Å². The molecule has 0 radical (unpaired) electrons. The fourth-order valence-electron chi connectivity index (χ4n) is 2.34. The van der Waals surface area contributed by atoms with E-state index in [0.717, 1.165) is 19.8 Å². The Bertz CT molecular complexity index is 353. The Balaban J connectivity index is 2.08. The van der Waals surface area contributed by atoms with Crippen molar-refractivity contribution in [3.63, 3.8) is 0 Å². The fraction of sp³-hybridized carbons (Fsp3) is 0.769. The highest BCUT2D eigenvalue weighted by Gasteiger charge is 2.24. The molecule has 17 heavy (non-hydrogen) atoms. The van der Waals surface area contributed by atoms with Crippen molar-refractivity contribution < 1.29 is 4.74 Å². The summed E-state index contributed by atoms with van der Waals surface area (Å²) in [6.07, 6.45) is 6.34. The molecular weight excluding hydrogens is 214 g/mol. The maximum atomic E-state index is 5.53. The van der Waals surface area contributed by atoms with Gasteiger partial charge < -0.3 is 14.6 Å². The van der Waals surface area contributed by atoms with Crippen LogP contribution in [0.25, 0.3) is 0 Å². The zero-order chi connectivity index (χ0) is 12.3. The van der Waals surface area contributed by atoms with Crippen LogP contribution in [-0.4, -0.2) is 29.8 Å². The SMILES string of the molecule is CNC(C)(C)c1cncn1CC1CCCOC1. The molecule has 96 valence electrons. The van der Waals surface area contributed by atoms with Gasteiger partial charge >= 0.3 is 0 Å². The van der Waals surface area contributed by atoms with Crippen LogP contribution in [0.5, 0.6) is 0 Å². The summed E-state index contributed by atoms with van der Waals surface area (Å²) in [6.45, 7) is 7.18. The summed E-state index contributed by atoms with van der Waals surface area (Å²) in [7, 11) is 1.99. The van der Waals surface area contributed by atoms with Crippen molar-refractivity contribution in [2.45, 2.75) is 38.8 Å². The van der Waals surface area contributed by atoms with E-state index in [1.54, 1.807) is 0 Å². The monoisotopic (exact) mass is 237 g/mol. The summed E-state index contributed by atoms with van der Waals surface area (Å²) in [6, 6.07) is 0. The summed E-state index contributed by atoms with van der Waals surface area (Å²) in [4.78, 5) is 4.28. The van der Waals surface area contributed by atoms with Crippen molar-refractivity contribution in [3.05, 3.63) is 18.2 Å². The van der Waals surface area contributed by atoms with E-state index in [1.807, 2.05) is 19.6 Å². The third-order valence-corrected chi connectivity index (χ3v) is 3.69. The molecule has 1 aliphatic heterocycles. The van der Waals surface area contributed by atoms with E-state index in [4.69, 9.17) is 4.74 Å². The Labute approximate surface area is 103 Å². The summed E-state index contributed by atoms with van der Waals surface area (Å²) in [5, 5.41) is 3.33. The van der Waals surface area contributed by atoms with Crippen molar-refractivity contribution in [2.75, 3.05) is 20.3 Å². The van der Waals surface area contributed by atoms with Gasteiger partial charge in [0, 0.05) is 25.3 Å². The topological polar surface area (TPSA) is 39.1 Å². The third-order valence-electron chi connectivity index (χ3n) is 3.69. The highest BCUT2D eigenvalue weighted by Crippen LogP contribution is 2.22. The molecule has 4 heteroatoms. The average molecular weight is 237 g/mol. The normalized spacial score (nSPS) is 21.7. The number of nitrogens with one attached hydrogen (secondary N) is 1. The quantitative estimate of drug-likeness (QED) is 0.867. The van der Waals surface area contributed by atoms with E-state index in [-0.39, 0.29) is 5.54 Å². The minimum atomic E-state index is -0.0357. The van der Waals surface area contributed by atoms with Crippen LogP contribution in [0, 0.1) is 5.92 Å². The van der Waals surface area contributed by atoms with E-state index in [1.165, 1.54) is 18.5 Å². The summed E-state index contributed by atoms with van der Waals surface area (Å²) in [5.41, 5.74) is 1.21. The third kappa shape index (κ3) is 2.87. The molecule has 0 aromatic carbocycles. The molecule has 1 N–H and O–H groups in total. The first-order chi connectivity index (χ1) is 8.13. The molecule has 2 heterocycles. The zero-order valence-corrected chi connectivity index (χ0v) is 11.1. The van der Waals surface area contributed by atoms with E-state index in [0.29, 0.717) is 5.92 Å². The van der Waals surface area contributed by atoms with Crippen molar-refractivity contribution in [3.8, 4) is 0 Å². The first-order valence-electron chi connectivity index (χ1n) is 6.41. The molecule has 0 saturated carbocycles. The van der Waals surface area contributed by atoms with E-state index in [2.05, 4.69) is 28.7 Å². The summed E-state index contributed by atoms with van der Waals surface area (Å²) in [5.74, 6) is 0.629. The predicted octanol–water partition coefficient (Wildman–Crippen LogP) is 1.76.